The number of amides is 1. The smallest absolute Gasteiger partial charge is 0.258 e. The number of carbonyl (C=O) groups excluding carboxylic acids is 1. The van der Waals surface area contributed by atoms with Crippen molar-refractivity contribution in [3.63, 3.8) is 0 Å². The molecule has 1 fully saturated rings. The van der Waals surface area contributed by atoms with E-state index in [0.717, 1.165) is 30.4 Å². The molecule has 2 heterocycles. The summed E-state index contributed by atoms with van der Waals surface area (Å²) in [6.45, 7) is 4.67. The maximum absolute atomic E-state index is 12.8. The van der Waals surface area contributed by atoms with Crippen LogP contribution in [0.25, 0.3) is 0 Å². The van der Waals surface area contributed by atoms with Gasteiger partial charge in [-0.2, -0.15) is 0 Å². The Hall–Kier alpha value is -2.63. The van der Waals surface area contributed by atoms with E-state index >= 15 is 0 Å². The van der Waals surface area contributed by atoms with Gasteiger partial charge in [0.2, 0.25) is 0 Å². The first kappa shape index (κ1) is 18.2. The van der Waals surface area contributed by atoms with Gasteiger partial charge in [0.25, 0.3) is 5.91 Å². The van der Waals surface area contributed by atoms with E-state index in [1.54, 1.807) is 6.20 Å². The molecule has 2 aromatic rings. The fraction of sp³-hybridized carbons (Fsp3) is 0.400. The summed E-state index contributed by atoms with van der Waals surface area (Å²) >= 11 is 0. The van der Waals surface area contributed by atoms with Crippen molar-refractivity contribution in [2.24, 2.45) is 5.92 Å². The number of aromatic nitrogens is 1. The van der Waals surface area contributed by atoms with Gasteiger partial charge in [-0.1, -0.05) is 13.0 Å². The van der Waals surface area contributed by atoms with Crippen molar-refractivity contribution in [3.8, 4) is 5.75 Å². The highest BCUT2D eigenvalue weighted by atomic mass is 19.1. The maximum Gasteiger partial charge on any atom is 0.258 e. The van der Waals surface area contributed by atoms with Gasteiger partial charge in [-0.3, -0.25) is 4.79 Å². The number of nitrogens with one attached hydrogen (secondary N) is 1. The van der Waals surface area contributed by atoms with Crippen molar-refractivity contribution in [2.75, 3.05) is 24.6 Å². The molecule has 0 saturated carbocycles. The Balaban J connectivity index is 1.42. The van der Waals surface area contributed by atoms with Crippen LogP contribution in [0, 0.1) is 11.7 Å². The molecular weight excluding hydrogens is 333 g/mol. The van der Waals surface area contributed by atoms with E-state index in [9.17, 15) is 9.18 Å². The summed E-state index contributed by atoms with van der Waals surface area (Å²) in [7, 11) is 0. The van der Waals surface area contributed by atoms with Crippen LogP contribution in [0.15, 0.2) is 42.6 Å². The molecule has 1 aromatic heterocycles. The third-order valence-corrected chi connectivity index (χ3v) is 4.59. The predicted molar refractivity (Wildman–Crippen MR) is 98.6 cm³/mol. The number of ether oxygens (including phenoxy) is 1. The van der Waals surface area contributed by atoms with Gasteiger partial charge in [-0.05, 0) is 54.7 Å². The molecule has 1 aromatic carbocycles. The highest BCUT2D eigenvalue weighted by molar-refractivity contribution is 5.77. The highest BCUT2D eigenvalue weighted by Crippen LogP contribution is 2.21. The van der Waals surface area contributed by atoms with E-state index in [2.05, 4.69) is 22.1 Å². The summed E-state index contributed by atoms with van der Waals surface area (Å²) in [5.41, 5.74) is 0.939. The van der Waals surface area contributed by atoms with Crippen LogP contribution in [0.3, 0.4) is 0 Å². The summed E-state index contributed by atoms with van der Waals surface area (Å²) in [6.07, 6.45) is 4.20. The van der Waals surface area contributed by atoms with Crippen LogP contribution >= 0.6 is 0 Å². The molecule has 5 nitrogen and oxygen atoms in total. The van der Waals surface area contributed by atoms with Crippen LogP contribution < -0.4 is 15.0 Å². The second-order valence-electron chi connectivity index (χ2n) is 6.71. The maximum atomic E-state index is 12.8. The van der Waals surface area contributed by atoms with Crippen LogP contribution in [0.5, 0.6) is 5.75 Å². The van der Waals surface area contributed by atoms with E-state index < -0.39 is 0 Å². The fourth-order valence-corrected chi connectivity index (χ4v) is 2.88. The zero-order valence-electron chi connectivity index (χ0n) is 15.0. The van der Waals surface area contributed by atoms with Crippen molar-refractivity contribution in [1.82, 2.24) is 10.3 Å². The predicted octanol–water partition coefficient (Wildman–Crippen LogP) is 3.15. The van der Waals surface area contributed by atoms with Gasteiger partial charge in [-0.25, -0.2) is 9.37 Å². The topological polar surface area (TPSA) is 54.5 Å². The number of halogens is 1. The summed E-state index contributed by atoms with van der Waals surface area (Å²) in [5, 5.41) is 2.79. The molecule has 0 spiro atoms. The Morgan fingerprint density at radius 2 is 1.96 bits per heavy atom. The van der Waals surface area contributed by atoms with Crippen molar-refractivity contribution >= 4 is 11.7 Å². The number of benzene rings is 1. The molecule has 0 bridgehead atoms. The first-order valence-electron chi connectivity index (χ1n) is 8.95. The molecule has 26 heavy (non-hydrogen) atoms. The third kappa shape index (κ3) is 5.18. The summed E-state index contributed by atoms with van der Waals surface area (Å²) in [4.78, 5) is 18.7. The minimum Gasteiger partial charge on any atom is -0.484 e. The monoisotopic (exact) mass is 357 g/mol. The Kier molecular flexibility index (Phi) is 6.04. The molecule has 0 radical (unpaired) electrons. The SMILES string of the molecule is CC1CCN(c2ccc(CNC(=O)COc3ccc(F)cc3)cn2)CC1. The number of carbonyl (C=O) groups is 1. The van der Waals surface area contributed by atoms with E-state index in [1.807, 2.05) is 12.1 Å². The minimum absolute atomic E-state index is 0.108. The van der Waals surface area contributed by atoms with Crippen LogP contribution in [-0.2, 0) is 11.3 Å². The van der Waals surface area contributed by atoms with Gasteiger partial charge < -0.3 is 15.0 Å². The molecular formula is C20H24FN3O2. The number of nitrogens with zero attached hydrogens (tertiary/aromatic N) is 2. The lowest BCUT2D eigenvalue weighted by molar-refractivity contribution is -0.123. The summed E-state index contributed by atoms with van der Waals surface area (Å²) in [5.74, 6) is 1.67. The molecule has 6 heteroatoms. The zero-order valence-corrected chi connectivity index (χ0v) is 15.0. The van der Waals surface area contributed by atoms with Gasteiger partial charge in [0, 0.05) is 25.8 Å². The second-order valence-corrected chi connectivity index (χ2v) is 6.71. The fourth-order valence-electron chi connectivity index (χ4n) is 2.88. The second kappa shape index (κ2) is 8.65. The quantitative estimate of drug-likeness (QED) is 0.863. The Morgan fingerprint density at radius 3 is 2.62 bits per heavy atom. The number of anilines is 1. The lowest BCUT2D eigenvalue weighted by atomic mass is 9.99. The molecule has 1 aliphatic heterocycles. The molecule has 1 saturated heterocycles. The molecule has 0 atom stereocenters. The first-order chi connectivity index (χ1) is 12.6. The van der Waals surface area contributed by atoms with Crippen LogP contribution in [0.1, 0.15) is 25.3 Å². The summed E-state index contributed by atoms with van der Waals surface area (Å²) in [6, 6.07) is 9.57. The molecule has 1 N–H and O–H groups in total. The Bertz CT molecular complexity index is 711. The molecule has 0 unspecified atom stereocenters. The number of piperidine rings is 1. The lowest BCUT2D eigenvalue weighted by Gasteiger charge is -2.31. The number of hydrogen-bond acceptors (Lipinski definition) is 4. The standard InChI is InChI=1S/C20H24FN3O2/c1-15-8-10-24(11-9-15)19-7-2-16(12-22-19)13-23-20(25)14-26-18-5-3-17(21)4-6-18/h2-7,12,15H,8-11,13-14H2,1H3,(H,23,25). The average molecular weight is 357 g/mol. The molecule has 3 rings (SSSR count). The first-order valence-corrected chi connectivity index (χ1v) is 8.95. The van der Waals surface area contributed by atoms with E-state index in [4.69, 9.17) is 4.74 Å². The van der Waals surface area contributed by atoms with Crippen LogP contribution in [0.4, 0.5) is 10.2 Å². The molecule has 138 valence electrons. The van der Waals surface area contributed by atoms with E-state index in [1.165, 1.54) is 37.1 Å². The van der Waals surface area contributed by atoms with E-state index in [-0.39, 0.29) is 18.3 Å². The summed E-state index contributed by atoms with van der Waals surface area (Å²) < 4.78 is 18.1. The van der Waals surface area contributed by atoms with Crippen LogP contribution in [-0.4, -0.2) is 30.6 Å². The van der Waals surface area contributed by atoms with Crippen LogP contribution in [0.2, 0.25) is 0 Å². The average Bonchev–Trinajstić information content (AvgIpc) is 2.67. The zero-order chi connectivity index (χ0) is 18.4. The minimum atomic E-state index is -0.336. The number of rotatable bonds is 6. The van der Waals surface area contributed by atoms with Gasteiger partial charge in [0.15, 0.2) is 6.61 Å². The van der Waals surface area contributed by atoms with Gasteiger partial charge >= 0.3 is 0 Å². The number of hydrogen-bond donors (Lipinski definition) is 1. The molecule has 1 amide bonds. The third-order valence-electron chi connectivity index (χ3n) is 4.59. The largest absolute Gasteiger partial charge is 0.484 e. The van der Waals surface area contributed by atoms with E-state index in [0.29, 0.717) is 12.3 Å². The Morgan fingerprint density at radius 1 is 1.23 bits per heavy atom. The van der Waals surface area contributed by atoms with Crippen molar-refractivity contribution in [1.29, 1.82) is 0 Å². The van der Waals surface area contributed by atoms with Crippen molar-refractivity contribution in [2.45, 2.75) is 26.3 Å². The van der Waals surface area contributed by atoms with Crippen molar-refractivity contribution in [3.05, 3.63) is 54.0 Å². The lowest BCUT2D eigenvalue weighted by Crippen LogP contribution is -2.33. The Labute approximate surface area is 153 Å². The van der Waals surface area contributed by atoms with Gasteiger partial charge in [0.05, 0.1) is 0 Å². The number of pyridine rings is 1. The normalized spacial score (nSPS) is 14.9. The van der Waals surface area contributed by atoms with Gasteiger partial charge in [-0.15, -0.1) is 0 Å². The highest BCUT2D eigenvalue weighted by Gasteiger charge is 2.16. The molecule has 1 aliphatic rings. The van der Waals surface area contributed by atoms with Crippen molar-refractivity contribution < 1.29 is 13.9 Å². The molecule has 0 aliphatic carbocycles. The van der Waals surface area contributed by atoms with Gasteiger partial charge in [0.1, 0.15) is 17.4 Å².